The topological polar surface area (TPSA) is 102 Å². The van der Waals surface area contributed by atoms with Crippen molar-refractivity contribution in [3.05, 3.63) is 53.7 Å². The summed E-state index contributed by atoms with van der Waals surface area (Å²) in [6.45, 7) is 0. The average molecular weight is 340 g/mol. The van der Waals surface area contributed by atoms with Gasteiger partial charge in [-0.15, -0.1) is 0 Å². The fourth-order valence-electron chi connectivity index (χ4n) is 2.04. The molecule has 0 saturated heterocycles. The number of nitrogens with one attached hydrogen (secondary N) is 2. The lowest BCUT2D eigenvalue weighted by Crippen LogP contribution is -2.04. The quantitative estimate of drug-likeness (QED) is 0.582. The van der Waals surface area contributed by atoms with Crippen molar-refractivity contribution in [2.24, 2.45) is 0 Å². The molecule has 1 aromatic carbocycles. The van der Waals surface area contributed by atoms with Gasteiger partial charge in [-0.05, 0) is 46.7 Å². The zero-order chi connectivity index (χ0) is 16.4. The first-order chi connectivity index (χ1) is 11.8. The van der Waals surface area contributed by atoms with Crippen molar-refractivity contribution in [1.29, 1.82) is 0 Å². The summed E-state index contributed by atoms with van der Waals surface area (Å²) in [6, 6.07) is 12.7. The van der Waals surface area contributed by atoms with Crippen LogP contribution in [0, 0.1) is 0 Å². The van der Waals surface area contributed by atoms with Crippen molar-refractivity contribution < 1.29 is 4.63 Å². The molecule has 0 bridgehead atoms. The molecule has 0 aliphatic rings. The van der Waals surface area contributed by atoms with E-state index in [1.165, 1.54) is 0 Å². The van der Waals surface area contributed by atoms with Crippen molar-refractivity contribution in [3.8, 4) is 0 Å². The Hall–Kier alpha value is -3.26. The van der Waals surface area contributed by atoms with E-state index in [2.05, 4.69) is 40.5 Å². The van der Waals surface area contributed by atoms with Crippen LogP contribution < -0.4 is 10.6 Å². The summed E-state index contributed by atoms with van der Waals surface area (Å²) in [5, 5.41) is 14.4. The van der Waals surface area contributed by atoms with Gasteiger partial charge in [-0.25, -0.2) is 19.6 Å². The largest absolute Gasteiger partial charge is 0.337 e. The third-order valence-electron chi connectivity index (χ3n) is 3.13. The van der Waals surface area contributed by atoms with Crippen LogP contribution in [0.25, 0.3) is 11.3 Å². The monoisotopic (exact) mass is 339 g/mol. The molecule has 0 unspecified atom stereocenters. The van der Waals surface area contributed by atoms with Crippen LogP contribution in [0.4, 0.5) is 23.1 Å². The van der Waals surface area contributed by atoms with Gasteiger partial charge in [0.25, 0.3) is 0 Å². The van der Waals surface area contributed by atoms with Crippen LogP contribution in [0.2, 0.25) is 5.02 Å². The first kappa shape index (κ1) is 14.3. The van der Waals surface area contributed by atoms with Gasteiger partial charge in [0.05, 0.1) is 0 Å². The third kappa shape index (κ3) is 2.95. The number of nitrogens with zero attached hydrogens (tertiary/aromatic N) is 5. The lowest BCUT2D eigenvalue weighted by atomic mass is 10.3. The van der Waals surface area contributed by atoms with E-state index in [-0.39, 0.29) is 0 Å². The number of rotatable bonds is 4. The van der Waals surface area contributed by atoms with Crippen molar-refractivity contribution in [1.82, 2.24) is 25.3 Å². The van der Waals surface area contributed by atoms with E-state index in [9.17, 15) is 0 Å². The van der Waals surface area contributed by atoms with Crippen molar-refractivity contribution in [2.75, 3.05) is 10.6 Å². The first-order valence-electron chi connectivity index (χ1n) is 6.99. The van der Waals surface area contributed by atoms with Gasteiger partial charge in [0.1, 0.15) is 5.82 Å². The Morgan fingerprint density at radius 2 is 1.54 bits per heavy atom. The molecule has 3 heterocycles. The summed E-state index contributed by atoms with van der Waals surface area (Å²) in [7, 11) is 0. The molecular weight excluding hydrogens is 330 g/mol. The van der Waals surface area contributed by atoms with Gasteiger partial charge >= 0.3 is 0 Å². The Balaban J connectivity index is 1.74. The molecule has 3 aromatic heterocycles. The van der Waals surface area contributed by atoms with Crippen LogP contribution in [-0.4, -0.2) is 25.3 Å². The molecule has 0 saturated carbocycles. The Kier molecular flexibility index (Phi) is 3.64. The van der Waals surface area contributed by atoms with E-state index in [1.807, 2.05) is 30.3 Å². The van der Waals surface area contributed by atoms with E-state index in [4.69, 9.17) is 11.6 Å². The molecule has 24 heavy (non-hydrogen) atoms. The summed E-state index contributed by atoms with van der Waals surface area (Å²) in [6.07, 6.45) is 1.68. The highest BCUT2D eigenvalue weighted by Gasteiger charge is 2.13. The number of pyridine rings is 1. The first-order valence-corrected chi connectivity index (χ1v) is 7.37. The molecule has 4 rings (SSSR count). The summed E-state index contributed by atoms with van der Waals surface area (Å²) in [5.74, 6) is 1.54. The lowest BCUT2D eigenvalue weighted by molar-refractivity contribution is 0.314. The van der Waals surface area contributed by atoms with Crippen molar-refractivity contribution in [2.45, 2.75) is 0 Å². The molecule has 0 amide bonds. The third-order valence-corrected chi connectivity index (χ3v) is 3.38. The van der Waals surface area contributed by atoms with Gasteiger partial charge in [-0.3, -0.25) is 0 Å². The molecule has 0 radical (unpaired) electrons. The highest BCUT2D eigenvalue weighted by atomic mass is 35.5. The normalized spacial score (nSPS) is 10.7. The van der Waals surface area contributed by atoms with Gasteiger partial charge in [0.2, 0.25) is 11.3 Å². The fraction of sp³-hybridized carbons (Fsp3) is 0. The van der Waals surface area contributed by atoms with Crippen LogP contribution in [-0.2, 0) is 0 Å². The van der Waals surface area contributed by atoms with E-state index in [0.29, 0.717) is 33.8 Å². The smallest absolute Gasteiger partial charge is 0.245 e. The zero-order valence-corrected chi connectivity index (χ0v) is 12.9. The molecule has 4 aromatic rings. The highest BCUT2D eigenvalue weighted by molar-refractivity contribution is 6.30. The fourth-order valence-corrected chi connectivity index (χ4v) is 2.17. The van der Waals surface area contributed by atoms with Crippen molar-refractivity contribution >= 4 is 46.0 Å². The van der Waals surface area contributed by atoms with Gasteiger partial charge < -0.3 is 10.6 Å². The maximum Gasteiger partial charge on any atom is 0.245 e. The summed E-state index contributed by atoms with van der Waals surface area (Å²) >= 11 is 5.91. The maximum atomic E-state index is 5.91. The summed E-state index contributed by atoms with van der Waals surface area (Å²) < 4.78 is 4.68. The second kappa shape index (κ2) is 6.09. The summed E-state index contributed by atoms with van der Waals surface area (Å²) in [5.41, 5.74) is 1.40. The number of benzene rings is 1. The molecule has 0 spiro atoms. The average Bonchev–Trinajstić information content (AvgIpc) is 3.05. The Bertz CT molecular complexity index is 972. The van der Waals surface area contributed by atoms with E-state index in [0.717, 1.165) is 5.69 Å². The minimum absolute atomic E-state index is 0.301. The number of anilines is 4. The van der Waals surface area contributed by atoms with Gasteiger partial charge in [-0.2, -0.15) is 0 Å². The lowest BCUT2D eigenvalue weighted by Gasteiger charge is -2.11. The number of hydrogen-bond donors (Lipinski definition) is 2. The van der Waals surface area contributed by atoms with E-state index >= 15 is 0 Å². The van der Waals surface area contributed by atoms with Crippen LogP contribution >= 0.6 is 11.6 Å². The Labute approximate surface area is 140 Å². The van der Waals surface area contributed by atoms with Gasteiger partial charge in [-0.1, -0.05) is 17.7 Å². The molecule has 0 aliphatic carbocycles. The standard InChI is InChI=1S/C15H10ClN7O/c16-9-4-6-10(7-5-9)18-12-13(19-11-3-1-2-8-17-11)21-15-14(20-12)22-24-23-15/h1-8H,(H,18,20,22)(H,17,19,21,23). The predicted molar refractivity (Wildman–Crippen MR) is 89.6 cm³/mol. The predicted octanol–water partition coefficient (Wildman–Crippen LogP) is 3.55. The number of halogens is 1. The van der Waals surface area contributed by atoms with E-state index in [1.54, 1.807) is 18.3 Å². The van der Waals surface area contributed by atoms with Gasteiger partial charge in [0.15, 0.2) is 11.6 Å². The molecule has 0 aliphatic heterocycles. The zero-order valence-electron chi connectivity index (χ0n) is 12.1. The highest BCUT2D eigenvalue weighted by Crippen LogP contribution is 2.26. The van der Waals surface area contributed by atoms with Gasteiger partial charge in [0, 0.05) is 16.9 Å². The van der Waals surface area contributed by atoms with E-state index < -0.39 is 0 Å². The molecule has 8 nitrogen and oxygen atoms in total. The minimum Gasteiger partial charge on any atom is -0.337 e. The summed E-state index contributed by atoms with van der Waals surface area (Å²) in [4.78, 5) is 13.0. The second-order valence-corrected chi connectivity index (χ2v) is 5.24. The molecule has 2 N–H and O–H groups in total. The Morgan fingerprint density at radius 3 is 2.21 bits per heavy atom. The molecule has 9 heteroatoms. The SMILES string of the molecule is Clc1ccc(Nc2nc3nonc3nc2Nc2ccccn2)cc1. The Morgan fingerprint density at radius 1 is 0.833 bits per heavy atom. The van der Waals surface area contributed by atoms with Crippen LogP contribution in [0.1, 0.15) is 0 Å². The maximum absolute atomic E-state index is 5.91. The number of aromatic nitrogens is 5. The number of hydrogen-bond acceptors (Lipinski definition) is 8. The van der Waals surface area contributed by atoms with Crippen LogP contribution in [0.15, 0.2) is 53.3 Å². The number of fused-ring (bicyclic) bond motifs is 1. The second-order valence-electron chi connectivity index (χ2n) is 4.80. The minimum atomic E-state index is 0.301. The molecule has 118 valence electrons. The van der Waals surface area contributed by atoms with Crippen molar-refractivity contribution in [3.63, 3.8) is 0 Å². The van der Waals surface area contributed by atoms with Crippen LogP contribution in [0.5, 0.6) is 0 Å². The molecule has 0 atom stereocenters. The molecule has 0 fully saturated rings. The molecular formula is C15H10ClN7O. The van der Waals surface area contributed by atoms with Crippen LogP contribution in [0.3, 0.4) is 0 Å².